The number of nitrogens with zero attached hydrogens (tertiary/aromatic N) is 4. The molecule has 21 heavy (non-hydrogen) atoms. The first-order valence-corrected chi connectivity index (χ1v) is 7.98. The van der Waals surface area contributed by atoms with Crippen LogP contribution in [0.4, 0.5) is 19.0 Å². The van der Waals surface area contributed by atoms with E-state index < -0.39 is 12.0 Å². The summed E-state index contributed by atoms with van der Waals surface area (Å²) in [7, 11) is 2.02. The van der Waals surface area contributed by atoms with Crippen molar-refractivity contribution in [1.29, 1.82) is 0 Å². The van der Waals surface area contributed by atoms with Crippen molar-refractivity contribution in [3.05, 3.63) is 11.5 Å². The zero-order chi connectivity index (χ0) is 15.0. The van der Waals surface area contributed by atoms with Crippen molar-refractivity contribution < 1.29 is 13.2 Å². The third kappa shape index (κ3) is 3.11. The molecule has 0 spiro atoms. The van der Waals surface area contributed by atoms with Crippen LogP contribution in [0.5, 0.6) is 0 Å². The van der Waals surface area contributed by atoms with Gasteiger partial charge in [0.25, 0.3) is 0 Å². The monoisotopic (exact) mass is 318 g/mol. The second kappa shape index (κ2) is 5.64. The van der Waals surface area contributed by atoms with Crippen LogP contribution in [0.3, 0.4) is 0 Å². The maximum Gasteiger partial charge on any atom is 0.451 e. The van der Waals surface area contributed by atoms with Gasteiger partial charge in [-0.05, 0) is 25.6 Å². The minimum Gasteiger partial charge on any atom is -0.353 e. The second-order valence-electron chi connectivity index (χ2n) is 5.39. The molecule has 0 N–H and O–H groups in total. The normalized spacial score (nSPS) is 20.5. The minimum absolute atomic E-state index is 0.477. The van der Waals surface area contributed by atoms with Gasteiger partial charge in [0, 0.05) is 26.2 Å². The molecule has 1 aromatic heterocycles. The Bertz CT molecular complexity index is 527. The largest absolute Gasteiger partial charge is 0.451 e. The number of aromatic nitrogens is 2. The molecule has 116 valence electrons. The standard InChI is InChI=1S/C13H17F3N4S/c1-19-4-6-20(7-5-19)11-10-9(3-2-8-21-10)17-12(18-11)13(14,15)16/h2-8H2,1H3. The number of likely N-dealkylation sites (N-methyl/N-ethyl adjacent to an activating group) is 1. The smallest absolute Gasteiger partial charge is 0.353 e. The lowest BCUT2D eigenvalue weighted by Gasteiger charge is -2.35. The van der Waals surface area contributed by atoms with Gasteiger partial charge in [-0.25, -0.2) is 9.97 Å². The molecule has 0 bridgehead atoms. The van der Waals surface area contributed by atoms with Gasteiger partial charge >= 0.3 is 6.18 Å². The van der Waals surface area contributed by atoms with Gasteiger partial charge < -0.3 is 9.80 Å². The lowest BCUT2D eigenvalue weighted by Crippen LogP contribution is -2.45. The third-order valence-corrected chi connectivity index (χ3v) is 4.98. The van der Waals surface area contributed by atoms with Crippen molar-refractivity contribution >= 4 is 17.6 Å². The highest BCUT2D eigenvalue weighted by Crippen LogP contribution is 2.38. The zero-order valence-electron chi connectivity index (χ0n) is 11.8. The fourth-order valence-corrected chi connectivity index (χ4v) is 3.69. The summed E-state index contributed by atoms with van der Waals surface area (Å²) in [6, 6.07) is 0. The van der Waals surface area contributed by atoms with Crippen LogP contribution >= 0.6 is 11.8 Å². The summed E-state index contributed by atoms with van der Waals surface area (Å²) in [5, 5.41) is 0. The predicted octanol–water partition coefficient (Wildman–Crippen LogP) is 2.29. The number of hydrogen-bond donors (Lipinski definition) is 0. The van der Waals surface area contributed by atoms with Crippen LogP contribution in [-0.4, -0.2) is 53.8 Å². The predicted molar refractivity (Wildman–Crippen MR) is 75.8 cm³/mol. The number of hydrogen-bond acceptors (Lipinski definition) is 5. The topological polar surface area (TPSA) is 32.3 Å². The quantitative estimate of drug-likeness (QED) is 0.793. The van der Waals surface area contributed by atoms with Crippen LogP contribution in [0.1, 0.15) is 17.9 Å². The molecule has 3 heterocycles. The fourth-order valence-electron chi connectivity index (χ4n) is 2.57. The molecule has 3 rings (SSSR count). The van der Waals surface area contributed by atoms with Gasteiger partial charge in [0.15, 0.2) is 0 Å². The van der Waals surface area contributed by atoms with Gasteiger partial charge in [-0.3, -0.25) is 0 Å². The summed E-state index contributed by atoms with van der Waals surface area (Å²) in [6.45, 7) is 3.09. The van der Waals surface area contributed by atoms with Crippen molar-refractivity contribution in [3.63, 3.8) is 0 Å². The van der Waals surface area contributed by atoms with Crippen LogP contribution in [0.2, 0.25) is 0 Å². The Morgan fingerprint density at radius 3 is 2.48 bits per heavy atom. The van der Waals surface area contributed by atoms with Crippen molar-refractivity contribution in [1.82, 2.24) is 14.9 Å². The Morgan fingerprint density at radius 2 is 1.81 bits per heavy atom. The summed E-state index contributed by atoms with van der Waals surface area (Å²) in [5.41, 5.74) is 0.558. The molecule has 0 aliphatic carbocycles. The van der Waals surface area contributed by atoms with Crippen molar-refractivity contribution in [2.45, 2.75) is 23.9 Å². The van der Waals surface area contributed by atoms with E-state index in [-0.39, 0.29) is 0 Å². The zero-order valence-corrected chi connectivity index (χ0v) is 12.6. The van der Waals surface area contributed by atoms with E-state index >= 15 is 0 Å². The van der Waals surface area contributed by atoms with Crippen LogP contribution in [0, 0.1) is 0 Å². The van der Waals surface area contributed by atoms with E-state index in [0.29, 0.717) is 31.0 Å². The second-order valence-corrected chi connectivity index (χ2v) is 6.49. The number of rotatable bonds is 1. The van der Waals surface area contributed by atoms with Crippen LogP contribution in [-0.2, 0) is 12.6 Å². The number of aryl methyl sites for hydroxylation is 1. The third-order valence-electron chi connectivity index (χ3n) is 3.78. The van der Waals surface area contributed by atoms with Gasteiger partial charge in [-0.2, -0.15) is 13.2 Å². The Hall–Kier alpha value is -1.02. The molecule has 0 radical (unpaired) electrons. The SMILES string of the molecule is CN1CCN(c2nc(C(F)(F)F)nc3c2SCCC3)CC1. The van der Waals surface area contributed by atoms with E-state index in [2.05, 4.69) is 14.9 Å². The van der Waals surface area contributed by atoms with Gasteiger partial charge in [-0.1, -0.05) is 0 Å². The molecule has 0 unspecified atom stereocenters. The van der Waals surface area contributed by atoms with Crippen LogP contribution in [0.15, 0.2) is 4.90 Å². The molecule has 0 aromatic carbocycles. The summed E-state index contributed by atoms with van der Waals surface area (Å²) in [4.78, 5) is 12.6. The maximum atomic E-state index is 13.0. The van der Waals surface area contributed by atoms with Gasteiger partial charge in [0.05, 0.1) is 10.6 Å². The highest BCUT2D eigenvalue weighted by Gasteiger charge is 2.37. The molecule has 8 heteroatoms. The van der Waals surface area contributed by atoms with Gasteiger partial charge in [0.2, 0.25) is 5.82 Å². The fraction of sp³-hybridized carbons (Fsp3) is 0.692. The van der Waals surface area contributed by atoms with E-state index in [1.807, 2.05) is 11.9 Å². The molecule has 2 aliphatic heterocycles. The average molecular weight is 318 g/mol. The molecular formula is C13H17F3N4S. The Balaban J connectivity index is 2.00. The van der Waals surface area contributed by atoms with E-state index in [1.54, 1.807) is 11.8 Å². The van der Waals surface area contributed by atoms with Gasteiger partial charge in [0.1, 0.15) is 5.82 Å². The van der Waals surface area contributed by atoms with E-state index in [4.69, 9.17) is 0 Å². The molecular weight excluding hydrogens is 301 g/mol. The van der Waals surface area contributed by atoms with Crippen molar-refractivity contribution in [2.24, 2.45) is 0 Å². The molecule has 0 atom stereocenters. The lowest BCUT2D eigenvalue weighted by atomic mass is 10.2. The molecule has 1 saturated heterocycles. The summed E-state index contributed by atoms with van der Waals surface area (Å²) < 4.78 is 39.0. The molecule has 1 fully saturated rings. The number of halogens is 3. The highest BCUT2D eigenvalue weighted by atomic mass is 32.2. The number of alkyl halides is 3. The number of fused-ring (bicyclic) bond motifs is 1. The lowest BCUT2D eigenvalue weighted by molar-refractivity contribution is -0.145. The summed E-state index contributed by atoms with van der Waals surface area (Å²) >= 11 is 1.58. The molecule has 4 nitrogen and oxygen atoms in total. The van der Waals surface area contributed by atoms with E-state index in [1.165, 1.54) is 0 Å². The number of piperazine rings is 1. The number of anilines is 1. The molecule has 1 aromatic rings. The van der Waals surface area contributed by atoms with Crippen molar-refractivity contribution in [2.75, 3.05) is 43.9 Å². The van der Waals surface area contributed by atoms with E-state index in [0.717, 1.165) is 30.2 Å². The Morgan fingerprint density at radius 1 is 1.10 bits per heavy atom. The first-order chi connectivity index (χ1) is 9.95. The molecule has 2 aliphatic rings. The Labute approximate surface area is 125 Å². The van der Waals surface area contributed by atoms with Crippen molar-refractivity contribution in [3.8, 4) is 0 Å². The maximum absolute atomic E-state index is 13.0. The minimum atomic E-state index is -4.49. The summed E-state index contributed by atoms with van der Waals surface area (Å²) in [6.07, 6.45) is -3.01. The molecule has 0 amide bonds. The van der Waals surface area contributed by atoms with Crippen LogP contribution in [0.25, 0.3) is 0 Å². The van der Waals surface area contributed by atoms with E-state index in [9.17, 15) is 13.2 Å². The Kier molecular flexibility index (Phi) is 4.00. The first kappa shape index (κ1) is 14.9. The highest BCUT2D eigenvalue weighted by molar-refractivity contribution is 7.99. The molecule has 0 saturated carbocycles. The van der Waals surface area contributed by atoms with Gasteiger partial charge in [-0.15, -0.1) is 11.8 Å². The average Bonchev–Trinajstić information content (AvgIpc) is 2.46. The van der Waals surface area contributed by atoms with Crippen LogP contribution < -0.4 is 4.90 Å². The number of thioether (sulfide) groups is 1. The summed E-state index contributed by atoms with van der Waals surface area (Å²) in [5.74, 6) is 0.394. The first-order valence-electron chi connectivity index (χ1n) is 6.99.